The molecule has 30 heteroatoms. The van der Waals surface area contributed by atoms with Crippen LogP contribution in [0.1, 0.15) is 135 Å². The summed E-state index contributed by atoms with van der Waals surface area (Å²) in [6.45, 7) is 5.85. The Hall–Kier alpha value is -12.4. The number of aliphatic hydroxyl groups is 1. The van der Waals surface area contributed by atoms with E-state index in [1.807, 2.05) is 146 Å². The number of piperidine rings is 4. The number of carbonyl (C=O) groups is 3. The second-order valence-electron chi connectivity index (χ2n) is 34.0. The van der Waals surface area contributed by atoms with Crippen molar-refractivity contribution < 1.29 is 119 Å². The number of benzene rings is 8. The molecule has 0 saturated carbocycles. The molecule has 4 fully saturated rings. The van der Waals surface area contributed by atoms with Crippen LogP contribution in [0.2, 0.25) is 0 Å². The Balaban J connectivity index is 0.000000137. The smallest absolute Gasteiger partial charge is 0.870 e. The number of para-hydroxylation sites is 4. The molecule has 14 heterocycles. The van der Waals surface area contributed by atoms with Gasteiger partial charge < -0.3 is 63.5 Å². The minimum atomic E-state index is -4.83. The number of rotatable bonds is 11. The van der Waals surface area contributed by atoms with Gasteiger partial charge >= 0.3 is 60.8 Å². The molecule has 14 aromatic rings. The number of hydrogen-bond acceptors (Lipinski definition) is 19. The van der Waals surface area contributed by atoms with Crippen molar-refractivity contribution in [2.24, 2.45) is 23.7 Å². The van der Waals surface area contributed by atoms with E-state index in [4.69, 9.17) is 38.5 Å². The van der Waals surface area contributed by atoms with Crippen molar-refractivity contribution in [2.75, 3.05) is 59.5 Å². The number of likely N-dealkylation sites (tertiary alicyclic amines) is 3. The largest absolute Gasteiger partial charge is 1.00 e. The van der Waals surface area contributed by atoms with Crippen molar-refractivity contribution in [1.82, 2.24) is 40.0 Å². The molecular formula is C107H101BBrF6N8NaO13. The van der Waals surface area contributed by atoms with Crippen molar-refractivity contribution in [1.29, 1.82) is 0 Å². The number of furan rings is 2. The summed E-state index contributed by atoms with van der Waals surface area (Å²) in [5.41, 5.74) is 18.5. The number of ether oxygens (including phenoxy) is 4. The first-order chi connectivity index (χ1) is 65.7. The van der Waals surface area contributed by atoms with Crippen molar-refractivity contribution in [2.45, 2.75) is 93.9 Å². The third kappa shape index (κ3) is 24.4. The van der Waals surface area contributed by atoms with Crippen LogP contribution < -0.4 is 59.3 Å². The standard InChI is InChI=1S/C28H26N2O2.C25H21F3N2O2.C23H22N2O.C20H17BrF3NO2.C5H6BNO2.C5H4O2.CH4O.Na.H2O/c1-2-4-26-24(3-1)28(22-9-14-30(15-10-22)18-20-11-16-31-19-20)25-6-5-23(17-27(25)32-26)21-7-12-29-13-8-21;26-25(27,28)24(31)30-13-9-17(10-14-30)23-19-3-1-2-4-21(19)32-22-15-18(5-6-20(22)23)16-7-11-29-12-8-16;1-2-4-21-19(3-1)23(17-9-13-25-14-10-17)20-6-5-18(15-22(20)26-21)16-7-11-24-12-8-16;21-13-5-6-15-17(11-13)27-16-4-2-1-3-14(16)18(15)12-7-9-25(10-8-12)19(26)20(22,23)24;8-6(9)5-1-3-7-4-2-5;6-3-5-1-2-7-4-5;1-2;;/h1-8,11-13,16-17,19,22,28H,9-10,14-15,18H2;1-8,11-12,15,17,23H,9-10,13-14H2;1-8,11-12,15,17,23,25H,9-10,13-14H2;1-6,11-12,18H,7-10H2;1-4,8-9H;1-4H;2H,1H3;;1H2/q;;;;;;;+1;/p-1. The summed E-state index contributed by atoms with van der Waals surface area (Å²) < 4.78 is 112. The van der Waals surface area contributed by atoms with Crippen molar-refractivity contribution >= 4 is 46.6 Å². The Labute approximate surface area is 821 Å². The summed E-state index contributed by atoms with van der Waals surface area (Å²) in [6.07, 6.45) is 18.3. The molecular weight excluding hydrogens is 1830 g/mol. The third-order valence-electron chi connectivity index (χ3n) is 26.0. The first-order valence-corrected chi connectivity index (χ1v) is 45.9. The van der Waals surface area contributed by atoms with E-state index in [1.54, 1.807) is 36.9 Å². The Morgan fingerprint density at radius 2 is 0.715 bits per heavy atom. The predicted octanol–water partition coefficient (Wildman–Crippen LogP) is 19.0. The van der Waals surface area contributed by atoms with Gasteiger partial charge in [0.2, 0.25) is 0 Å². The van der Waals surface area contributed by atoms with Crippen LogP contribution in [-0.2, 0) is 16.1 Å². The third-order valence-corrected chi connectivity index (χ3v) is 26.5. The maximum absolute atomic E-state index is 12.8. The molecule has 0 bridgehead atoms. The van der Waals surface area contributed by atoms with Gasteiger partial charge in [-0.1, -0.05) is 131 Å². The van der Waals surface area contributed by atoms with Crippen LogP contribution in [0, 0.1) is 23.7 Å². The van der Waals surface area contributed by atoms with E-state index in [1.165, 1.54) is 95.1 Å². The van der Waals surface area contributed by atoms with Gasteiger partial charge in [-0.15, -0.1) is 0 Å². The Morgan fingerprint density at radius 1 is 0.401 bits per heavy atom. The van der Waals surface area contributed by atoms with E-state index >= 15 is 0 Å². The van der Waals surface area contributed by atoms with Gasteiger partial charge in [-0.25, -0.2) is 0 Å². The molecule has 21 nitrogen and oxygen atoms in total. The zero-order valence-electron chi connectivity index (χ0n) is 75.4. The predicted molar refractivity (Wildman–Crippen MR) is 508 cm³/mol. The minimum Gasteiger partial charge on any atom is -0.870 e. The molecule has 8 aliphatic rings. The number of aldehydes is 1. The molecule has 2 amide bonds. The Morgan fingerprint density at radius 3 is 1.03 bits per heavy atom. The van der Waals surface area contributed by atoms with Crippen LogP contribution in [0.25, 0.3) is 33.4 Å². The molecule has 5 N–H and O–H groups in total. The Bertz CT molecular complexity index is 6280. The van der Waals surface area contributed by atoms with Gasteiger partial charge in [-0.05, 0) is 255 Å². The quantitative estimate of drug-likeness (QED) is 0.0532. The fourth-order valence-corrected chi connectivity index (χ4v) is 19.9. The monoisotopic (exact) mass is 1930 g/mol. The number of nitrogens with one attached hydrogen (secondary N) is 1. The molecule has 4 saturated heterocycles. The van der Waals surface area contributed by atoms with E-state index in [0.717, 1.165) is 145 Å². The molecule has 4 unspecified atom stereocenters. The summed E-state index contributed by atoms with van der Waals surface area (Å²) in [5, 5.41) is 27.6. The summed E-state index contributed by atoms with van der Waals surface area (Å²) in [6, 6.07) is 76.9. The molecule has 700 valence electrons. The molecule has 0 radical (unpaired) electrons. The molecule has 6 aromatic heterocycles. The number of halogens is 7. The van der Waals surface area contributed by atoms with Gasteiger partial charge in [0.25, 0.3) is 0 Å². The maximum Gasteiger partial charge on any atom is 1.00 e. The molecule has 137 heavy (non-hydrogen) atoms. The summed E-state index contributed by atoms with van der Waals surface area (Å²) in [7, 11) is -0.381. The van der Waals surface area contributed by atoms with E-state index in [-0.39, 0.29) is 84.9 Å². The van der Waals surface area contributed by atoms with E-state index in [9.17, 15) is 40.7 Å². The van der Waals surface area contributed by atoms with Gasteiger partial charge in [-0.2, -0.15) is 26.3 Å². The molecule has 4 atom stereocenters. The summed E-state index contributed by atoms with van der Waals surface area (Å²) in [5.74, 6) is 5.95. The number of carbonyl (C=O) groups excluding carboxylic acids is 3. The number of aromatic nitrogens is 4. The van der Waals surface area contributed by atoms with Crippen LogP contribution in [0.5, 0.6) is 46.0 Å². The van der Waals surface area contributed by atoms with Crippen LogP contribution in [-0.4, -0.2) is 152 Å². The van der Waals surface area contributed by atoms with Gasteiger partial charge in [0.15, 0.2) is 6.29 Å². The van der Waals surface area contributed by atoms with Gasteiger partial charge in [0.1, 0.15) is 52.3 Å². The number of amides is 2. The van der Waals surface area contributed by atoms with E-state index in [0.29, 0.717) is 60.4 Å². The number of nitrogens with zero attached hydrogens (tertiary/aromatic N) is 7. The number of aliphatic hydroxyl groups excluding tert-OH is 1. The maximum atomic E-state index is 12.8. The molecule has 22 rings (SSSR count). The first kappa shape index (κ1) is 101. The number of fused-ring (bicyclic) bond motifs is 8. The first-order valence-electron chi connectivity index (χ1n) is 45.1. The molecule has 0 spiro atoms. The molecule has 0 aliphatic carbocycles. The number of alkyl halides is 6. The average Bonchev–Trinajstić information content (AvgIpc) is 0.891. The number of pyridine rings is 4. The number of hydrogen-bond donors (Lipinski definition) is 4. The van der Waals surface area contributed by atoms with Crippen molar-refractivity contribution in [3.05, 3.63) is 365 Å². The normalized spacial score (nSPS) is 17.3. The van der Waals surface area contributed by atoms with Gasteiger partial charge in [0, 0.05) is 168 Å². The fourth-order valence-electron chi connectivity index (χ4n) is 19.5. The van der Waals surface area contributed by atoms with Crippen LogP contribution in [0.3, 0.4) is 0 Å². The molecule has 8 aromatic carbocycles. The topological polar surface area (TPSA) is 278 Å². The molecule has 8 aliphatic heterocycles. The zero-order chi connectivity index (χ0) is 94.0. The average molecular weight is 1930 g/mol. The van der Waals surface area contributed by atoms with Crippen LogP contribution in [0.15, 0.2) is 318 Å². The second-order valence-corrected chi connectivity index (χ2v) is 34.9. The van der Waals surface area contributed by atoms with Gasteiger partial charge in [-0.3, -0.25) is 39.2 Å². The van der Waals surface area contributed by atoms with Crippen LogP contribution in [0.4, 0.5) is 26.3 Å². The SMILES string of the molecule is CO.O=C(N1CCC(C2c3ccccc3Oc3cc(-c4ccncc4)ccc32)CC1)C(F)(F)F.O=C(N1CCC(C2c3ccccc3Oc3cc(Br)ccc32)CC1)C(F)(F)F.O=Cc1ccoc1.OB(O)c1ccncc1.[Na+].[OH-].c1ccc2c(c1)Oc1cc(-c3ccncc3)ccc1C2C1CCN(Cc2ccoc2)CC1.c1ccc2c(c1)Oc1cc(-c3ccncc3)ccc1C2C1CCNCC1. The minimum absolute atomic E-state index is 0. The van der Waals surface area contributed by atoms with Crippen LogP contribution >= 0.6 is 15.9 Å². The summed E-state index contributed by atoms with van der Waals surface area (Å²) in [4.78, 5) is 53.4. The summed E-state index contributed by atoms with van der Waals surface area (Å²) >= 11 is 3.46. The van der Waals surface area contributed by atoms with Crippen molar-refractivity contribution in [3.63, 3.8) is 0 Å². The zero-order valence-corrected chi connectivity index (χ0v) is 79.0. The van der Waals surface area contributed by atoms with E-state index < -0.39 is 31.3 Å². The second kappa shape index (κ2) is 47.1. The Kier molecular flexibility index (Phi) is 34.6. The fraction of sp³-hybridized carbons (Fsp3) is 0.262. The van der Waals surface area contributed by atoms with Gasteiger partial charge in [0.05, 0.1) is 24.4 Å². The van der Waals surface area contributed by atoms with E-state index in [2.05, 4.69) is 148 Å². The van der Waals surface area contributed by atoms with Crippen molar-refractivity contribution in [3.8, 4) is 79.4 Å².